The summed E-state index contributed by atoms with van der Waals surface area (Å²) in [4.78, 5) is 41.4. The molecule has 3 amide bonds. The quantitative estimate of drug-likeness (QED) is 0.0538. The molecule has 0 radical (unpaired) electrons. The number of pyridine rings is 1. The third-order valence-corrected chi connectivity index (χ3v) is 7.46. The molecule has 240 valence electrons. The maximum absolute atomic E-state index is 13.2. The molecule has 1 heterocycles. The van der Waals surface area contributed by atoms with Gasteiger partial charge in [0.05, 0.1) is 19.2 Å². The number of hydrogen-bond acceptors (Lipinski definition) is 9. The van der Waals surface area contributed by atoms with Crippen LogP contribution in [0.25, 0.3) is 10.9 Å². The van der Waals surface area contributed by atoms with E-state index in [-0.39, 0.29) is 6.42 Å². The van der Waals surface area contributed by atoms with E-state index in [1.54, 1.807) is 61.3 Å². The van der Waals surface area contributed by atoms with Gasteiger partial charge in [-0.25, -0.2) is 9.87 Å². The molecule has 1 fully saturated rings. The van der Waals surface area contributed by atoms with Gasteiger partial charge in [-0.05, 0) is 86.5 Å². The van der Waals surface area contributed by atoms with E-state index in [9.17, 15) is 18.8 Å². The Labute approximate surface area is 264 Å². The molecule has 3 aromatic carbocycles. The van der Waals surface area contributed by atoms with E-state index in [0.29, 0.717) is 84.2 Å². The lowest BCUT2D eigenvalue weighted by molar-refractivity contribution is -0.131. The molecular weight excluding hydrogens is 597 g/mol. The maximum atomic E-state index is 13.2. The van der Waals surface area contributed by atoms with Crippen molar-refractivity contribution in [3.8, 4) is 23.0 Å². The van der Waals surface area contributed by atoms with Gasteiger partial charge in [-0.2, -0.15) is 0 Å². The summed E-state index contributed by atoms with van der Waals surface area (Å²) >= 11 is 0. The minimum absolute atomic E-state index is 0.169. The monoisotopic (exact) mass is 631 g/mol. The Morgan fingerprint density at radius 3 is 2.20 bits per heavy atom. The first kappa shape index (κ1) is 32.1. The number of hydroxylamine groups is 1. The summed E-state index contributed by atoms with van der Waals surface area (Å²) in [6.45, 7) is 1.44. The highest BCUT2D eigenvalue weighted by Gasteiger charge is 2.56. The van der Waals surface area contributed by atoms with Gasteiger partial charge in [-0.1, -0.05) is 0 Å². The second-order valence-electron chi connectivity index (χ2n) is 10.7. The summed E-state index contributed by atoms with van der Waals surface area (Å²) in [5.41, 5.74) is 1.99. The van der Waals surface area contributed by atoms with Crippen LogP contribution in [-0.4, -0.2) is 54.7 Å². The van der Waals surface area contributed by atoms with E-state index in [0.717, 1.165) is 0 Å². The molecule has 1 aliphatic rings. The van der Waals surface area contributed by atoms with Gasteiger partial charge in [0.15, 0.2) is 11.5 Å². The molecule has 0 bridgehead atoms. The number of halogens is 1. The lowest BCUT2D eigenvalue weighted by Gasteiger charge is -2.16. The van der Waals surface area contributed by atoms with Crippen LogP contribution in [-0.2, 0) is 14.4 Å². The Morgan fingerprint density at radius 2 is 1.57 bits per heavy atom. The van der Waals surface area contributed by atoms with Crippen LogP contribution >= 0.6 is 0 Å². The third kappa shape index (κ3) is 7.86. The van der Waals surface area contributed by atoms with Gasteiger partial charge in [0.2, 0.25) is 17.7 Å². The van der Waals surface area contributed by atoms with E-state index < -0.39 is 29.0 Å². The number of nitrogens with one attached hydrogen (secondary N) is 4. The zero-order chi connectivity index (χ0) is 32.5. The first-order valence-electron chi connectivity index (χ1n) is 14.7. The summed E-state index contributed by atoms with van der Waals surface area (Å²) in [5.74, 6) is 0.379. The van der Waals surface area contributed by atoms with Crippen LogP contribution in [0.1, 0.15) is 25.7 Å². The molecule has 0 saturated heterocycles. The number of nitrogens with zero attached hydrogens (tertiary/aromatic N) is 1. The summed E-state index contributed by atoms with van der Waals surface area (Å²) < 4.78 is 30.9. The number of ether oxygens (including phenoxy) is 3. The van der Waals surface area contributed by atoms with Crippen LogP contribution in [0.15, 0.2) is 72.9 Å². The Bertz CT molecular complexity index is 1700. The smallest absolute Gasteiger partial charge is 0.244 e. The van der Waals surface area contributed by atoms with Gasteiger partial charge >= 0.3 is 0 Å². The molecule has 12 nitrogen and oxygen atoms in total. The number of rotatable bonds is 15. The molecule has 1 saturated carbocycles. The van der Waals surface area contributed by atoms with E-state index in [1.165, 1.54) is 24.3 Å². The Balaban J connectivity index is 1.19. The number of carbonyl (C=O) groups excluding carboxylic acids is 3. The fraction of sp³-hybridized carbons (Fsp3) is 0.273. The van der Waals surface area contributed by atoms with Gasteiger partial charge < -0.3 is 30.2 Å². The van der Waals surface area contributed by atoms with Gasteiger partial charge in [0.1, 0.15) is 22.7 Å². The van der Waals surface area contributed by atoms with Crippen molar-refractivity contribution in [3.63, 3.8) is 0 Å². The summed E-state index contributed by atoms with van der Waals surface area (Å²) in [7, 11) is 1.55. The van der Waals surface area contributed by atoms with Crippen molar-refractivity contribution >= 4 is 40.0 Å². The van der Waals surface area contributed by atoms with Crippen LogP contribution in [0.2, 0.25) is 0 Å². The van der Waals surface area contributed by atoms with E-state index in [1.807, 2.05) is 0 Å². The van der Waals surface area contributed by atoms with Crippen molar-refractivity contribution in [3.05, 3.63) is 78.7 Å². The topological polar surface area (TPSA) is 160 Å². The molecule has 5 rings (SSSR count). The van der Waals surface area contributed by atoms with Crippen molar-refractivity contribution in [1.82, 2.24) is 15.8 Å². The standard InChI is InChI=1S/C33H34FN5O7/c1-44-28-20-26-25(19-29(28)45-18-2-15-35-16-12-30(40)39-43)27(11-17-36-26)46-24-9-7-23(8-10-24)38-32(42)33(13-14-33)31(41)37-22-5-3-21(34)4-6-22/h3-11,17,19-20,35,43H,2,12-16,18H2,1H3,(H,37,41)(H,38,42)(H,39,40). The minimum atomic E-state index is -1.17. The first-order valence-corrected chi connectivity index (χ1v) is 14.7. The van der Waals surface area contributed by atoms with Gasteiger partial charge in [0, 0.05) is 42.0 Å². The van der Waals surface area contributed by atoms with Crippen molar-refractivity contribution in [2.24, 2.45) is 5.41 Å². The molecule has 0 aliphatic heterocycles. The van der Waals surface area contributed by atoms with Crippen LogP contribution in [0.4, 0.5) is 15.8 Å². The number of anilines is 2. The molecule has 1 aliphatic carbocycles. The number of benzene rings is 3. The summed E-state index contributed by atoms with van der Waals surface area (Å²) in [6, 6.07) is 17.5. The number of aromatic nitrogens is 1. The van der Waals surface area contributed by atoms with E-state index in [2.05, 4.69) is 20.9 Å². The average molecular weight is 632 g/mol. The Morgan fingerprint density at radius 1 is 0.891 bits per heavy atom. The number of amides is 3. The number of hydrogen-bond donors (Lipinski definition) is 5. The highest BCUT2D eigenvalue weighted by molar-refractivity contribution is 6.16. The number of methoxy groups -OCH3 is 1. The highest BCUT2D eigenvalue weighted by atomic mass is 19.1. The zero-order valence-electron chi connectivity index (χ0n) is 25.1. The number of fused-ring (bicyclic) bond motifs is 1. The van der Waals surface area contributed by atoms with Crippen molar-refractivity contribution in [2.45, 2.75) is 25.7 Å². The van der Waals surface area contributed by atoms with E-state index >= 15 is 0 Å². The molecule has 0 unspecified atom stereocenters. The van der Waals surface area contributed by atoms with Crippen LogP contribution in [0.5, 0.6) is 23.0 Å². The molecule has 13 heteroatoms. The highest BCUT2D eigenvalue weighted by Crippen LogP contribution is 2.47. The number of carbonyl (C=O) groups is 3. The van der Waals surface area contributed by atoms with Gasteiger partial charge in [-0.3, -0.25) is 24.6 Å². The Kier molecular flexibility index (Phi) is 10.2. The second-order valence-corrected chi connectivity index (χ2v) is 10.7. The van der Waals surface area contributed by atoms with E-state index in [4.69, 9.17) is 19.4 Å². The van der Waals surface area contributed by atoms with Gasteiger partial charge in [-0.15, -0.1) is 0 Å². The molecule has 46 heavy (non-hydrogen) atoms. The SMILES string of the molecule is COc1cc2nccc(Oc3ccc(NC(=O)C4(C(=O)Nc5ccc(F)cc5)CC4)cc3)c2cc1OCCCNCCC(=O)NO. The Hall–Kier alpha value is -5.27. The van der Waals surface area contributed by atoms with Crippen molar-refractivity contribution < 1.29 is 38.2 Å². The zero-order valence-corrected chi connectivity index (χ0v) is 25.1. The molecule has 5 N–H and O–H groups in total. The fourth-order valence-corrected chi connectivity index (χ4v) is 4.70. The molecular formula is C33H34FN5O7. The predicted octanol–water partition coefficient (Wildman–Crippen LogP) is 4.79. The molecule has 0 spiro atoms. The molecule has 1 aromatic heterocycles. The van der Waals surface area contributed by atoms with Crippen molar-refractivity contribution in [1.29, 1.82) is 0 Å². The summed E-state index contributed by atoms with van der Waals surface area (Å²) in [5, 5.41) is 17.9. The van der Waals surface area contributed by atoms with Crippen LogP contribution in [0.3, 0.4) is 0 Å². The molecule has 4 aromatic rings. The van der Waals surface area contributed by atoms with Crippen LogP contribution < -0.4 is 35.6 Å². The normalized spacial score (nSPS) is 13.0. The largest absolute Gasteiger partial charge is 0.493 e. The summed E-state index contributed by atoms with van der Waals surface area (Å²) in [6.07, 6.45) is 3.30. The van der Waals surface area contributed by atoms with Gasteiger partial charge in [0.25, 0.3) is 0 Å². The molecule has 0 atom stereocenters. The third-order valence-electron chi connectivity index (χ3n) is 7.46. The van der Waals surface area contributed by atoms with Crippen LogP contribution in [0, 0.1) is 11.2 Å². The lowest BCUT2D eigenvalue weighted by Crippen LogP contribution is -2.35. The fourth-order valence-electron chi connectivity index (χ4n) is 4.70. The lowest BCUT2D eigenvalue weighted by atomic mass is 10.0. The second kappa shape index (κ2) is 14.7. The minimum Gasteiger partial charge on any atom is -0.493 e. The predicted molar refractivity (Wildman–Crippen MR) is 168 cm³/mol. The first-order chi connectivity index (χ1) is 22.3. The van der Waals surface area contributed by atoms with Crippen molar-refractivity contribution in [2.75, 3.05) is 37.4 Å². The average Bonchev–Trinajstić information content (AvgIpc) is 3.88. The maximum Gasteiger partial charge on any atom is 0.244 e.